The van der Waals surface area contributed by atoms with Crippen LogP contribution in [0.5, 0.6) is 0 Å². The maximum atomic E-state index is 6.01. The van der Waals surface area contributed by atoms with Crippen molar-refractivity contribution in [2.24, 2.45) is 0 Å². The molecule has 0 heterocycles. The molecular formula is C13H26OSi. The van der Waals surface area contributed by atoms with Gasteiger partial charge in [0.25, 0.3) is 0 Å². The first-order valence-electron chi connectivity index (χ1n) is 5.91. The van der Waals surface area contributed by atoms with Crippen molar-refractivity contribution in [2.75, 3.05) is 6.61 Å². The minimum Gasteiger partial charge on any atom is -0.416 e. The summed E-state index contributed by atoms with van der Waals surface area (Å²) in [6, 6.07) is 0. The fraction of sp³-hybridized carbons (Fsp3) is 0.846. The van der Waals surface area contributed by atoms with E-state index >= 15 is 0 Å². The zero-order chi connectivity index (χ0) is 11.9. The predicted molar refractivity (Wildman–Crippen MR) is 70.5 cm³/mol. The Labute approximate surface area is 96.7 Å². The van der Waals surface area contributed by atoms with Gasteiger partial charge in [0.05, 0.1) is 0 Å². The van der Waals surface area contributed by atoms with Crippen LogP contribution in [0.25, 0.3) is 0 Å². The van der Waals surface area contributed by atoms with Gasteiger partial charge in [0.2, 0.25) is 0 Å². The van der Waals surface area contributed by atoms with Gasteiger partial charge in [-0.15, -0.1) is 11.8 Å². The van der Waals surface area contributed by atoms with E-state index in [2.05, 4.69) is 52.6 Å². The first kappa shape index (κ1) is 14.7. The maximum absolute atomic E-state index is 6.01. The second-order valence-electron chi connectivity index (χ2n) is 5.46. The lowest BCUT2D eigenvalue weighted by atomic mass is 10.2. The molecule has 0 aliphatic carbocycles. The van der Waals surface area contributed by atoms with Crippen LogP contribution < -0.4 is 0 Å². The molecule has 0 rings (SSSR count). The highest BCUT2D eigenvalue weighted by atomic mass is 28.4. The molecule has 0 saturated heterocycles. The van der Waals surface area contributed by atoms with Crippen molar-refractivity contribution < 1.29 is 4.43 Å². The molecule has 0 spiro atoms. The molecule has 1 nitrogen and oxygen atoms in total. The van der Waals surface area contributed by atoms with Crippen molar-refractivity contribution in [3.05, 3.63) is 0 Å². The van der Waals surface area contributed by atoms with Crippen molar-refractivity contribution in [1.82, 2.24) is 0 Å². The van der Waals surface area contributed by atoms with Gasteiger partial charge in [-0.1, -0.05) is 27.7 Å². The summed E-state index contributed by atoms with van der Waals surface area (Å²) in [6.07, 6.45) is 3.04. The van der Waals surface area contributed by atoms with E-state index in [0.717, 1.165) is 25.9 Å². The minimum absolute atomic E-state index is 0.309. The zero-order valence-corrected chi connectivity index (χ0v) is 12.2. The number of rotatable bonds is 4. The molecular weight excluding hydrogens is 200 g/mol. The highest BCUT2D eigenvalue weighted by Gasteiger charge is 2.36. The number of hydrogen-bond donors (Lipinski definition) is 0. The van der Waals surface area contributed by atoms with Crippen LogP contribution in [0.4, 0.5) is 0 Å². The fourth-order valence-corrected chi connectivity index (χ4v) is 1.92. The molecule has 0 saturated carbocycles. The van der Waals surface area contributed by atoms with Crippen LogP contribution in [-0.2, 0) is 4.43 Å². The van der Waals surface area contributed by atoms with Gasteiger partial charge in [-0.2, -0.15) is 0 Å². The van der Waals surface area contributed by atoms with Gasteiger partial charge in [-0.25, -0.2) is 0 Å². The lowest BCUT2D eigenvalue weighted by Gasteiger charge is -2.35. The Morgan fingerprint density at radius 3 is 2.07 bits per heavy atom. The van der Waals surface area contributed by atoms with Gasteiger partial charge in [-0.05, 0) is 24.6 Å². The third-order valence-corrected chi connectivity index (χ3v) is 7.53. The molecule has 0 aliphatic rings. The van der Waals surface area contributed by atoms with Gasteiger partial charge in [0.15, 0.2) is 8.32 Å². The highest BCUT2D eigenvalue weighted by molar-refractivity contribution is 6.74. The number of unbranched alkanes of at least 4 members (excludes halogenated alkanes) is 1. The molecule has 0 amide bonds. The SMILES string of the molecule is CCCC#CCCO[Si](C)(C)C(C)(C)C. The van der Waals surface area contributed by atoms with Gasteiger partial charge >= 0.3 is 0 Å². The third kappa shape index (κ3) is 6.02. The van der Waals surface area contributed by atoms with Crippen molar-refractivity contribution in [2.45, 2.75) is 65.1 Å². The molecule has 0 unspecified atom stereocenters. The van der Waals surface area contributed by atoms with E-state index in [1.165, 1.54) is 0 Å². The van der Waals surface area contributed by atoms with Crippen molar-refractivity contribution in [1.29, 1.82) is 0 Å². The fourth-order valence-electron chi connectivity index (χ4n) is 0.876. The average molecular weight is 226 g/mol. The van der Waals surface area contributed by atoms with Crippen LogP contribution in [0.3, 0.4) is 0 Å². The van der Waals surface area contributed by atoms with E-state index in [4.69, 9.17) is 4.43 Å². The maximum Gasteiger partial charge on any atom is 0.192 e. The van der Waals surface area contributed by atoms with Gasteiger partial charge in [-0.3, -0.25) is 0 Å². The summed E-state index contributed by atoms with van der Waals surface area (Å²) in [5, 5.41) is 0.309. The molecule has 0 bridgehead atoms. The number of hydrogen-bond acceptors (Lipinski definition) is 1. The summed E-state index contributed by atoms with van der Waals surface area (Å²) < 4.78 is 6.01. The standard InChI is InChI=1S/C13H26OSi/c1-7-8-9-10-11-12-14-15(5,6)13(2,3)4/h7-8,11-12H2,1-6H3. The van der Waals surface area contributed by atoms with Crippen LogP contribution in [0.15, 0.2) is 0 Å². The summed E-state index contributed by atoms with van der Waals surface area (Å²) >= 11 is 0. The summed E-state index contributed by atoms with van der Waals surface area (Å²) in [7, 11) is -1.54. The largest absolute Gasteiger partial charge is 0.416 e. The molecule has 0 fully saturated rings. The summed E-state index contributed by atoms with van der Waals surface area (Å²) in [5.41, 5.74) is 0. The first-order chi connectivity index (χ1) is 6.81. The van der Waals surface area contributed by atoms with Crippen LogP contribution in [0.2, 0.25) is 18.1 Å². The quantitative estimate of drug-likeness (QED) is 0.396. The minimum atomic E-state index is -1.54. The molecule has 2 heteroatoms. The van der Waals surface area contributed by atoms with Crippen molar-refractivity contribution >= 4 is 8.32 Å². The van der Waals surface area contributed by atoms with E-state index in [1.54, 1.807) is 0 Å². The molecule has 0 N–H and O–H groups in total. The van der Waals surface area contributed by atoms with E-state index in [0.29, 0.717) is 5.04 Å². The second-order valence-corrected chi connectivity index (χ2v) is 10.3. The van der Waals surface area contributed by atoms with Crippen LogP contribution in [0, 0.1) is 11.8 Å². The second kappa shape index (κ2) is 6.35. The Balaban J connectivity index is 3.83. The van der Waals surface area contributed by atoms with Gasteiger partial charge in [0, 0.05) is 19.4 Å². The van der Waals surface area contributed by atoms with E-state index in [9.17, 15) is 0 Å². The first-order valence-corrected chi connectivity index (χ1v) is 8.82. The molecule has 0 radical (unpaired) electrons. The Morgan fingerprint density at radius 1 is 1.07 bits per heavy atom. The zero-order valence-electron chi connectivity index (χ0n) is 11.2. The van der Waals surface area contributed by atoms with E-state index < -0.39 is 8.32 Å². The van der Waals surface area contributed by atoms with Crippen LogP contribution >= 0.6 is 0 Å². The topological polar surface area (TPSA) is 9.23 Å². The van der Waals surface area contributed by atoms with Crippen molar-refractivity contribution in [3.63, 3.8) is 0 Å². The molecule has 0 aromatic carbocycles. The molecule has 15 heavy (non-hydrogen) atoms. The molecule has 88 valence electrons. The molecule has 0 aromatic rings. The Bertz CT molecular complexity index is 227. The third-order valence-electron chi connectivity index (χ3n) is 3.00. The molecule has 0 atom stereocenters. The normalized spacial score (nSPS) is 12.1. The van der Waals surface area contributed by atoms with E-state index in [1.807, 2.05) is 0 Å². The Hall–Kier alpha value is -0.263. The highest BCUT2D eigenvalue weighted by Crippen LogP contribution is 2.36. The monoisotopic (exact) mass is 226 g/mol. The summed E-state index contributed by atoms with van der Waals surface area (Å²) in [6.45, 7) is 14.3. The van der Waals surface area contributed by atoms with Crippen LogP contribution in [-0.4, -0.2) is 14.9 Å². The van der Waals surface area contributed by atoms with Crippen LogP contribution in [0.1, 0.15) is 47.0 Å². The van der Waals surface area contributed by atoms with Gasteiger partial charge in [0.1, 0.15) is 0 Å². The van der Waals surface area contributed by atoms with E-state index in [-0.39, 0.29) is 0 Å². The Kier molecular flexibility index (Phi) is 6.24. The smallest absolute Gasteiger partial charge is 0.192 e. The predicted octanol–water partition coefficient (Wildman–Crippen LogP) is 4.20. The molecule has 0 aliphatic heterocycles. The summed E-state index contributed by atoms with van der Waals surface area (Å²) in [4.78, 5) is 0. The molecule has 0 aromatic heterocycles. The Morgan fingerprint density at radius 2 is 1.60 bits per heavy atom. The van der Waals surface area contributed by atoms with Crippen molar-refractivity contribution in [3.8, 4) is 11.8 Å². The summed E-state index contributed by atoms with van der Waals surface area (Å²) in [5.74, 6) is 6.30. The van der Waals surface area contributed by atoms with Gasteiger partial charge < -0.3 is 4.43 Å². The average Bonchev–Trinajstić information content (AvgIpc) is 2.09. The lowest BCUT2D eigenvalue weighted by molar-refractivity contribution is 0.296. The lowest BCUT2D eigenvalue weighted by Crippen LogP contribution is -2.40.